The Kier molecular flexibility index (Phi) is 17.5. The Balaban J connectivity index is 1.50. The van der Waals surface area contributed by atoms with Crippen molar-refractivity contribution in [2.24, 2.45) is 13.0 Å². The van der Waals surface area contributed by atoms with Gasteiger partial charge in [0.05, 0.1) is 13.4 Å². The Labute approximate surface area is 347 Å². The van der Waals surface area contributed by atoms with Gasteiger partial charge in [-0.3, -0.25) is 19.2 Å². The number of alkyl carbamates (subject to hydrolysis) is 1. The van der Waals surface area contributed by atoms with Crippen LogP contribution in [0, 0.1) is 5.92 Å². The molecule has 0 aliphatic heterocycles. The van der Waals surface area contributed by atoms with E-state index in [1.807, 2.05) is 60.7 Å². The molecule has 0 saturated heterocycles. The molecule has 1 heterocycles. The number of hydrogen-bond donors (Lipinski definition) is 5. The van der Waals surface area contributed by atoms with Crippen LogP contribution in [0.15, 0.2) is 73.2 Å². The lowest BCUT2D eigenvalue weighted by atomic mass is 9.84. The summed E-state index contributed by atoms with van der Waals surface area (Å²) in [5, 5.41) is 13.9. The van der Waals surface area contributed by atoms with Crippen molar-refractivity contribution in [3.8, 4) is 0 Å². The van der Waals surface area contributed by atoms with Gasteiger partial charge in [0.2, 0.25) is 23.6 Å². The summed E-state index contributed by atoms with van der Waals surface area (Å²) in [5.74, 6) is -2.87. The number of esters is 1. The van der Waals surface area contributed by atoms with E-state index in [0.29, 0.717) is 18.5 Å². The molecule has 1 saturated carbocycles. The van der Waals surface area contributed by atoms with Gasteiger partial charge in [-0.05, 0) is 64.0 Å². The zero-order valence-corrected chi connectivity index (χ0v) is 35.1. The third-order valence-electron chi connectivity index (χ3n) is 10.3. The lowest BCUT2D eigenvalue weighted by Gasteiger charge is -2.29. The Bertz CT molecular complexity index is 1840. The van der Waals surface area contributed by atoms with Gasteiger partial charge in [-0.1, -0.05) is 92.8 Å². The SMILES string of the molecule is COC(=O)[C@H](Cc1ccccc1)NC(=O)[C@H](CCc1ccccc1)NC(=O)[C@@H](C)NC(=O)[C@H](CC1CCCCC1)NC(=O)[C@H](Cc1cncn1C)NC(=O)OC(C)(C)C. The number of nitrogens with zero attached hydrogens (tertiary/aromatic N) is 2. The predicted octanol–water partition coefficient (Wildman–Crippen LogP) is 3.83. The molecule has 0 bridgehead atoms. The van der Waals surface area contributed by atoms with Gasteiger partial charge in [0, 0.05) is 31.8 Å². The Morgan fingerprint density at radius 1 is 0.729 bits per heavy atom. The highest BCUT2D eigenvalue weighted by Gasteiger charge is 2.34. The lowest BCUT2D eigenvalue weighted by molar-refractivity contribution is -0.145. The molecule has 3 aromatic rings. The highest BCUT2D eigenvalue weighted by Crippen LogP contribution is 2.27. The van der Waals surface area contributed by atoms with E-state index in [0.717, 1.165) is 43.2 Å². The average molecular weight is 816 g/mol. The standard InChI is InChI=1S/C44H61N7O8/c1-29(38(52)47-34(23-22-30-16-10-7-11-17-30)39(53)49-37(42(56)58-6)25-32-20-14-9-15-21-32)46-40(54)35(24-31-18-12-8-13-19-31)48-41(55)36(26-33-27-45-28-51(33)5)50-43(57)59-44(2,3)4/h7,9-11,14-17,20-21,27-29,31,34-37H,8,12-13,18-19,22-26H2,1-6H3,(H,46,54)(H,47,52)(H,48,55)(H,49,53)(H,50,57)/t29-,34+,35+,36+,37+/m1/s1. The van der Waals surface area contributed by atoms with Crippen LogP contribution in [0.1, 0.15) is 89.5 Å². The molecule has 0 radical (unpaired) electrons. The number of ether oxygens (including phenoxy) is 2. The van der Waals surface area contributed by atoms with Gasteiger partial charge in [0.25, 0.3) is 0 Å². The number of carbonyl (C=O) groups is 6. The summed E-state index contributed by atoms with van der Waals surface area (Å²) in [6.07, 6.45) is 8.48. The molecule has 0 spiro atoms. The Morgan fingerprint density at radius 3 is 1.90 bits per heavy atom. The zero-order chi connectivity index (χ0) is 43.0. The molecule has 5 atom stereocenters. The second kappa shape index (κ2) is 22.4. The lowest BCUT2D eigenvalue weighted by Crippen LogP contribution is -2.59. The third-order valence-corrected chi connectivity index (χ3v) is 10.3. The fourth-order valence-corrected chi connectivity index (χ4v) is 7.07. The first kappa shape index (κ1) is 46.0. The van der Waals surface area contributed by atoms with Crippen molar-refractivity contribution in [3.05, 3.63) is 90.0 Å². The number of hydrogen-bond acceptors (Lipinski definition) is 9. The minimum Gasteiger partial charge on any atom is -0.467 e. The van der Waals surface area contributed by atoms with Gasteiger partial charge < -0.3 is 40.6 Å². The van der Waals surface area contributed by atoms with Crippen molar-refractivity contribution < 1.29 is 38.2 Å². The van der Waals surface area contributed by atoms with Crippen LogP contribution in [0.2, 0.25) is 0 Å². The van der Waals surface area contributed by atoms with Crippen molar-refractivity contribution in [2.75, 3.05) is 7.11 Å². The van der Waals surface area contributed by atoms with Crippen LogP contribution in [-0.2, 0) is 59.8 Å². The molecule has 320 valence electrons. The first-order valence-electron chi connectivity index (χ1n) is 20.4. The first-order chi connectivity index (χ1) is 28.1. The fourth-order valence-electron chi connectivity index (χ4n) is 7.07. The van der Waals surface area contributed by atoms with Crippen molar-refractivity contribution >= 4 is 35.7 Å². The topological polar surface area (TPSA) is 199 Å². The van der Waals surface area contributed by atoms with E-state index < -0.39 is 71.5 Å². The number of carbonyl (C=O) groups excluding carboxylic acids is 6. The number of aryl methyl sites for hydroxylation is 2. The van der Waals surface area contributed by atoms with Crippen LogP contribution in [0.25, 0.3) is 0 Å². The summed E-state index contributed by atoms with van der Waals surface area (Å²) in [6, 6.07) is 13.3. The van der Waals surface area contributed by atoms with Crippen molar-refractivity contribution in [2.45, 2.75) is 128 Å². The van der Waals surface area contributed by atoms with Crippen LogP contribution >= 0.6 is 0 Å². The van der Waals surface area contributed by atoms with Gasteiger partial charge in [-0.25, -0.2) is 14.6 Å². The smallest absolute Gasteiger partial charge is 0.408 e. The van der Waals surface area contributed by atoms with E-state index in [2.05, 4.69) is 31.6 Å². The molecule has 1 aliphatic carbocycles. The zero-order valence-electron chi connectivity index (χ0n) is 35.1. The molecule has 2 aromatic carbocycles. The summed E-state index contributed by atoms with van der Waals surface area (Å²) >= 11 is 0. The largest absolute Gasteiger partial charge is 0.467 e. The second-order valence-corrected chi connectivity index (χ2v) is 16.3. The summed E-state index contributed by atoms with van der Waals surface area (Å²) in [5.41, 5.74) is 1.61. The van der Waals surface area contributed by atoms with Crippen LogP contribution in [0.4, 0.5) is 4.79 Å². The van der Waals surface area contributed by atoms with Crippen LogP contribution in [0.3, 0.4) is 0 Å². The highest BCUT2D eigenvalue weighted by molar-refractivity contribution is 5.95. The van der Waals surface area contributed by atoms with E-state index in [4.69, 9.17) is 9.47 Å². The minimum atomic E-state index is -1.12. The Hall–Kier alpha value is -5.73. The molecule has 15 heteroatoms. The number of rotatable bonds is 19. The quantitative estimate of drug-likeness (QED) is 0.112. The van der Waals surface area contributed by atoms with Crippen LogP contribution in [-0.4, -0.2) is 88.2 Å². The fraction of sp³-hybridized carbons (Fsp3) is 0.523. The van der Waals surface area contributed by atoms with Crippen molar-refractivity contribution in [3.63, 3.8) is 0 Å². The normalized spacial score (nSPS) is 15.6. The van der Waals surface area contributed by atoms with Crippen molar-refractivity contribution in [1.82, 2.24) is 36.1 Å². The number of benzene rings is 2. The van der Waals surface area contributed by atoms with E-state index in [9.17, 15) is 28.8 Å². The van der Waals surface area contributed by atoms with E-state index >= 15 is 0 Å². The number of imidazole rings is 1. The average Bonchev–Trinajstić information content (AvgIpc) is 3.61. The highest BCUT2D eigenvalue weighted by atomic mass is 16.6. The molecular formula is C44H61N7O8. The van der Waals surface area contributed by atoms with Crippen LogP contribution in [0.5, 0.6) is 0 Å². The molecule has 1 aliphatic rings. The maximum Gasteiger partial charge on any atom is 0.408 e. The van der Waals surface area contributed by atoms with Gasteiger partial charge in [-0.15, -0.1) is 0 Å². The summed E-state index contributed by atoms with van der Waals surface area (Å²) in [4.78, 5) is 85.5. The van der Waals surface area contributed by atoms with Gasteiger partial charge in [-0.2, -0.15) is 0 Å². The third kappa shape index (κ3) is 15.5. The summed E-state index contributed by atoms with van der Waals surface area (Å²) in [7, 11) is 3.02. The number of aromatic nitrogens is 2. The van der Waals surface area contributed by atoms with E-state index in [1.54, 1.807) is 44.9 Å². The van der Waals surface area contributed by atoms with E-state index in [1.165, 1.54) is 14.0 Å². The van der Waals surface area contributed by atoms with Gasteiger partial charge in [0.1, 0.15) is 35.8 Å². The number of nitrogens with one attached hydrogen (secondary N) is 5. The first-order valence-corrected chi connectivity index (χ1v) is 20.4. The molecule has 4 rings (SSSR count). The summed E-state index contributed by atoms with van der Waals surface area (Å²) in [6.45, 7) is 6.65. The molecular weight excluding hydrogens is 755 g/mol. The maximum absolute atomic E-state index is 14.1. The molecule has 0 unspecified atom stereocenters. The minimum absolute atomic E-state index is 0.0762. The van der Waals surface area contributed by atoms with Crippen molar-refractivity contribution in [1.29, 1.82) is 0 Å². The van der Waals surface area contributed by atoms with E-state index in [-0.39, 0.29) is 25.2 Å². The monoisotopic (exact) mass is 815 g/mol. The molecule has 5 N–H and O–H groups in total. The molecule has 1 fully saturated rings. The Morgan fingerprint density at radius 2 is 1.31 bits per heavy atom. The molecule has 1 aromatic heterocycles. The molecule has 59 heavy (non-hydrogen) atoms. The van der Waals surface area contributed by atoms with Gasteiger partial charge >= 0.3 is 12.1 Å². The second-order valence-electron chi connectivity index (χ2n) is 16.3. The number of methoxy groups -OCH3 is 1. The van der Waals surface area contributed by atoms with Gasteiger partial charge in [0.15, 0.2) is 0 Å². The number of amides is 5. The maximum atomic E-state index is 14.1. The summed E-state index contributed by atoms with van der Waals surface area (Å²) < 4.78 is 12.2. The molecule has 5 amide bonds. The predicted molar refractivity (Wildman–Crippen MR) is 222 cm³/mol. The van der Waals surface area contributed by atoms with Crippen LogP contribution < -0.4 is 26.6 Å². The molecule has 15 nitrogen and oxygen atoms in total.